The van der Waals surface area contributed by atoms with Crippen LogP contribution in [0.3, 0.4) is 0 Å². The van der Waals surface area contributed by atoms with Crippen LogP contribution in [0.5, 0.6) is 0 Å². The molecule has 3 rings (SSSR count). The fourth-order valence-corrected chi connectivity index (χ4v) is 3.49. The minimum atomic E-state index is -0.512. The second-order valence-corrected chi connectivity index (χ2v) is 6.42. The highest BCUT2D eigenvalue weighted by atomic mass is 16.5. The maximum Gasteiger partial charge on any atom is 0.0855 e. The van der Waals surface area contributed by atoms with Crippen molar-refractivity contribution < 1.29 is 9.84 Å². The van der Waals surface area contributed by atoms with Crippen LogP contribution in [0.25, 0.3) is 0 Å². The third-order valence-electron chi connectivity index (χ3n) is 4.86. The van der Waals surface area contributed by atoms with Crippen molar-refractivity contribution >= 4 is 0 Å². The van der Waals surface area contributed by atoms with Gasteiger partial charge in [0.05, 0.1) is 18.3 Å². The number of hydrogen-bond donors (Lipinski definition) is 1. The van der Waals surface area contributed by atoms with E-state index in [1.165, 1.54) is 11.1 Å². The van der Waals surface area contributed by atoms with Crippen molar-refractivity contribution in [3.05, 3.63) is 35.4 Å². The van der Waals surface area contributed by atoms with Crippen LogP contribution >= 0.6 is 0 Å². The number of aliphatic hydroxyl groups is 1. The fraction of sp³-hybridized carbons (Fsp3) is 0.647. The molecule has 104 valence electrons. The zero-order valence-corrected chi connectivity index (χ0v) is 11.8. The van der Waals surface area contributed by atoms with Crippen LogP contribution in [0, 0.1) is 5.92 Å². The first-order chi connectivity index (χ1) is 9.16. The number of ether oxygens (including phenoxy) is 1. The third kappa shape index (κ3) is 2.85. The Labute approximate surface area is 115 Å². The standard InChI is InChI=1S/C17H24O2/c1-13-6-9-17(18,10-7-13)12-16-15-5-3-2-4-14(15)8-11-19-16/h2-5,13,16,18H,6-12H2,1H3. The Hall–Kier alpha value is -0.860. The van der Waals surface area contributed by atoms with Crippen molar-refractivity contribution in [2.75, 3.05) is 6.61 Å². The Morgan fingerprint density at radius 3 is 2.79 bits per heavy atom. The van der Waals surface area contributed by atoms with Gasteiger partial charge in [-0.2, -0.15) is 0 Å². The molecule has 1 heterocycles. The lowest BCUT2D eigenvalue weighted by Gasteiger charge is -2.38. The molecule has 2 aliphatic rings. The first-order valence-corrected chi connectivity index (χ1v) is 7.58. The smallest absolute Gasteiger partial charge is 0.0855 e. The van der Waals surface area contributed by atoms with Crippen molar-refractivity contribution in [2.45, 2.75) is 57.2 Å². The Morgan fingerprint density at radius 2 is 2.00 bits per heavy atom. The van der Waals surface area contributed by atoms with Crippen LogP contribution in [-0.4, -0.2) is 17.3 Å². The molecule has 0 saturated heterocycles. The van der Waals surface area contributed by atoms with Crippen LogP contribution in [0.1, 0.15) is 56.3 Å². The van der Waals surface area contributed by atoms with Crippen LogP contribution in [0.4, 0.5) is 0 Å². The van der Waals surface area contributed by atoms with E-state index in [0.717, 1.165) is 51.0 Å². The molecular weight excluding hydrogens is 236 g/mol. The van der Waals surface area contributed by atoms with E-state index in [-0.39, 0.29) is 6.10 Å². The van der Waals surface area contributed by atoms with E-state index < -0.39 is 5.60 Å². The highest BCUT2D eigenvalue weighted by molar-refractivity contribution is 5.31. The van der Waals surface area contributed by atoms with Gasteiger partial charge in [0.25, 0.3) is 0 Å². The average molecular weight is 260 g/mol. The van der Waals surface area contributed by atoms with Crippen molar-refractivity contribution in [2.24, 2.45) is 5.92 Å². The van der Waals surface area contributed by atoms with Gasteiger partial charge in [-0.05, 0) is 49.1 Å². The molecule has 1 aromatic rings. The molecule has 2 nitrogen and oxygen atoms in total. The molecule has 1 aliphatic carbocycles. The van der Waals surface area contributed by atoms with Crippen LogP contribution < -0.4 is 0 Å². The van der Waals surface area contributed by atoms with Crippen LogP contribution in [-0.2, 0) is 11.2 Å². The maximum atomic E-state index is 10.8. The topological polar surface area (TPSA) is 29.5 Å². The predicted octanol–water partition coefficient (Wildman–Crippen LogP) is 3.63. The Balaban J connectivity index is 1.74. The van der Waals surface area contributed by atoms with Crippen molar-refractivity contribution in [3.8, 4) is 0 Å². The van der Waals surface area contributed by atoms with Crippen LogP contribution in [0.2, 0.25) is 0 Å². The summed E-state index contributed by atoms with van der Waals surface area (Å²) in [5.41, 5.74) is 2.18. The van der Waals surface area contributed by atoms with Gasteiger partial charge in [0, 0.05) is 6.42 Å². The quantitative estimate of drug-likeness (QED) is 0.880. The van der Waals surface area contributed by atoms with E-state index in [1.807, 2.05) is 0 Å². The Bertz CT molecular complexity index is 433. The van der Waals surface area contributed by atoms with Crippen molar-refractivity contribution in [1.29, 1.82) is 0 Å². The molecule has 0 bridgehead atoms. The largest absolute Gasteiger partial charge is 0.390 e. The van der Waals surface area contributed by atoms with Gasteiger partial charge in [-0.25, -0.2) is 0 Å². The average Bonchev–Trinajstić information content (AvgIpc) is 2.43. The summed E-state index contributed by atoms with van der Waals surface area (Å²) in [6.45, 7) is 3.07. The highest BCUT2D eigenvalue weighted by Crippen LogP contribution is 2.40. The van der Waals surface area contributed by atoms with Gasteiger partial charge in [0.2, 0.25) is 0 Å². The van der Waals surface area contributed by atoms with E-state index in [2.05, 4.69) is 31.2 Å². The minimum absolute atomic E-state index is 0.0864. The lowest BCUT2D eigenvalue weighted by Crippen LogP contribution is -2.36. The fourth-order valence-electron chi connectivity index (χ4n) is 3.49. The first kappa shape index (κ1) is 13.1. The summed E-state index contributed by atoms with van der Waals surface area (Å²) in [5, 5.41) is 10.8. The van der Waals surface area contributed by atoms with E-state index in [0.29, 0.717) is 0 Å². The Kier molecular flexibility index (Phi) is 3.64. The van der Waals surface area contributed by atoms with Crippen molar-refractivity contribution in [3.63, 3.8) is 0 Å². The molecule has 0 spiro atoms. The molecule has 19 heavy (non-hydrogen) atoms. The van der Waals surface area contributed by atoms with Gasteiger partial charge >= 0.3 is 0 Å². The number of fused-ring (bicyclic) bond motifs is 1. The second kappa shape index (κ2) is 5.26. The van der Waals surface area contributed by atoms with E-state index in [4.69, 9.17) is 4.74 Å². The highest BCUT2D eigenvalue weighted by Gasteiger charge is 2.36. The van der Waals surface area contributed by atoms with Gasteiger partial charge in [-0.1, -0.05) is 31.2 Å². The summed E-state index contributed by atoms with van der Waals surface area (Å²) in [4.78, 5) is 0. The van der Waals surface area contributed by atoms with E-state index in [1.54, 1.807) is 0 Å². The first-order valence-electron chi connectivity index (χ1n) is 7.58. The molecule has 1 atom stereocenters. The third-order valence-corrected chi connectivity index (χ3v) is 4.86. The number of rotatable bonds is 2. The molecule has 1 aromatic carbocycles. The number of hydrogen-bond acceptors (Lipinski definition) is 2. The number of benzene rings is 1. The zero-order chi connectivity index (χ0) is 13.3. The summed E-state index contributed by atoms with van der Waals surface area (Å²) in [6.07, 6.45) is 5.99. The normalized spacial score (nSPS) is 34.8. The summed E-state index contributed by atoms with van der Waals surface area (Å²) >= 11 is 0. The molecule has 1 unspecified atom stereocenters. The van der Waals surface area contributed by atoms with E-state index in [9.17, 15) is 5.11 Å². The minimum Gasteiger partial charge on any atom is -0.390 e. The maximum absolute atomic E-state index is 10.8. The lowest BCUT2D eigenvalue weighted by molar-refractivity contribution is -0.0696. The molecular formula is C17H24O2. The molecule has 0 radical (unpaired) electrons. The molecule has 1 saturated carbocycles. The van der Waals surface area contributed by atoms with Gasteiger partial charge in [0.1, 0.15) is 0 Å². The molecule has 1 N–H and O–H groups in total. The lowest BCUT2D eigenvalue weighted by atomic mass is 9.75. The second-order valence-electron chi connectivity index (χ2n) is 6.42. The molecule has 1 aliphatic heterocycles. The predicted molar refractivity (Wildman–Crippen MR) is 76.0 cm³/mol. The molecule has 0 aromatic heterocycles. The summed E-state index contributed by atoms with van der Waals surface area (Å²) in [7, 11) is 0. The molecule has 0 amide bonds. The summed E-state index contributed by atoms with van der Waals surface area (Å²) < 4.78 is 5.94. The summed E-state index contributed by atoms with van der Waals surface area (Å²) in [6, 6.07) is 8.53. The van der Waals surface area contributed by atoms with Gasteiger partial charge in [0.15, 0.2) is 0 Å². The summed E-state index contributed by atoms with van der Waals surface area (Å²) in [5.74, 6) is 0.764. The van der Waals surface area contributed by atoms with Crippen molar-refractivity contribution in [1.82, 2.24) is 0 Å². The van der Waals surface area contributed by atoms with E-state index >= 15 is 0 Å². The van der Waals surface area contributed by atoms with Gasteiger partial charge in [-0.15, -0.1) is 0 Å². The zero-order valence-electron chi connectivity index (χ0n) is 11.8. The molecule has 1 fully saturated rings. The molecule has 2 heteroatoms. The van der Waals surface area contributed by atoms with Crippen LogP contribution in [0.15, 0.2) is 24.3 Å². The van der Waals surface area contributed by atoms with Gasteiger partial charge in [-0.3, -0.25) is 0 Å². The SMILES string of the molecule is CC1CCC(O)(CC2OCCc3ccccc32)CC1. The Morgan fingerprint density at radius 1 is 1.26 bits per heavy atom. The monoisotopic (exact) mass is 260 g/mol. The van der Waals surface area contributed by atoms with Gasteiger partial charge < -0.3 is 9.84 Å².